The number of anilines is 2. The molecule has 9 nitrogen and oxygen atoms in total. The SMILES string of the molecule is COC(=O)c1cc(NC(=O)COc2cccc(NC(=O)C3CC3)c2)cc(C(=O)OC)c1. The third-order valence-corrected chi connectivity index (χ3v) is 4.48. The molecule has 0 aliphatic heterocycles. The average molecular weight is 426 g/mol. The molecule has 162 valence electrons. The normalized spacial score (nSPS) is 12.5. The van der Waals surface area contributed by atoms with E-state index in [1.54, 1.807) is 24.3 Å². The van der Waals surface area contributed by atoms with Crippen molar-refractivity contribution in [2.45, 2.75) is 12.8 Å². The lowest BCUT2D eigenvalue weighted by Gasteiger charge is -2.11. The van der Waals surface area contributed by atoms with Gasteiger partial charge < -0.3 is 24.8 Å². The van der Waals surface area contributed by atoms with E-state index in [1.165, 1.54) is 32.4 Å². The zero-order chi connectivity index (χ0) is 22.4. The predicted octanol–water partition coefficient (Wildman–Crippen LogP) is 2.63. The van der Waals surface area contributed by atoms with Crippen LogP contribution in [-0.4, -0.2) is 44.6 Å². The molecule has 1 aliphatic carbocycles. The summed E-state index contributed by atoms with van der Waals surface area (Å²) in [7, 11) is 2.42. The quantitative estimate of drug-likeness (QED) is 0.623. The number of hydrogen-bond donors (Lipinski definition) is 2. The summed E-state index contributed by atoms with van der Waals surface area (Å²) in [5.41, 5.74) is 0.965. The smallest absolute Gasteiger partial charge is 0.337 e. The molecule has 3 rings (SSSR count). The van der Waals surface area contributed by atoms with Crippen molar-refractivity contribution in [3.8, 4) is 5.75 Å². The first kappa shape index (κ1) is 21.8. The average Bonchev–Trinajstić information content (AvgIpc) is 3.62. The van der Waals surface area contributed by atoms with Crippen molar-refractivity contribution < 1.29 is 33.4 Å². The van der Waals surface area contributed by atoms with Gasteiger partial charge in [-0.15, -0.1) is 0 Å². The molecule has 0 atom stereocenters. The molecule has 2 aromatic rings. The zero-order valence-electron chi connectivity index (χ0n) is 17.1. The molecule has 0 heterocycles. The number of amides is 2. The van der Waals surface area contributed by atoms with Crippen molar-refractivity contribution in [1.82, 2.24) is 0 Å². The molecule has 1 aliphatic rings. The Hall–Kier alpha value is -3.88. The molecule has 1 saturated carbocycles. The van der Waals surface area contributed by atoms with Crippen molar-refractivity contribution in [3.05, 3.63) is 53.6 Å². The van der Waals surface area contributed by atoms with E-state index < -0.39 is 17.8 Å². The van der Waals surface area contributed by atoms with E-state index in [9.17, 15) is 19.2 Å². The molecule has 31 heavy (non-hydrogen) atoms. The zero-order valence-corrected chi connectivity index (χ0v) is 17.1. The number of hydrogen-bond acceptors (Lipinski definition) is 7. The Bertz CT molecular complexity index is 980. The highest BCUT2D eigenvalue weighted by Gasteiger charge is 2.29. The van der Waals surface area contributed by atoms with Crippen molar-refractivity contribution >= 4 is 35.1 Å². The third kappa shape index (κ3) is 6.05. The van der Waals surface area contributed by atoms with Crippen molar-refractivity contribution in [2.75, 3.05) is 31.5 Å². The summed E-state index contributed by atoms with van der Waals surface area (Å²) in [4.78, 5) is 47.9. The van der Waals surface area contributed by atoms with E-state index in [0.29, 0.717) is 11.4 Å². The standard InChI is InChI=1S/C22H22N2O7/c1-29-21(27)14-8-15(22(28)30-2)10-17(9-14)23-19(25)12-31-18-5-3-4-16(11-18)24-20(26)13-6-7-13/h3-5,8-11,13H,6-7,12H2,1-2H3,(H,23,25)(H,24,26). The lowest BCUT2D eigenvalue weighted by atomic mass is 10.1. The van der Waals surface area contributed by atoms with Gasteiger partial charge in [0.2, 0.25) is 5.91 Å². The second-order valence-electron chi connectivity index (χ2n) is 6.91. The molecule has 0 aromatic heterocycles. The highest BCUT2D eigenvalue weighted by Crippen LogP contribution is 2.30. The first-order valence-electron chi connectivity index (χ1n) is 9.55. The van der Waals surface area contributed by atoms with E-state index in [4.69, 9.17) is 4.74 Å². The van der Waals surface area contributed by atoms with E-state index in [2.05, 4.69) is 20.1 Å². The summed E-state index contributed by atoms with van der Waals surface area (Å²) in [5.74, 6) is -1.38. The molecule has 2 aromatic carbocycles. The van der Waals surface area contributed by atoms with E-state index in [1.807, 2.05) is 0 Å². The minimum Gasteiger partial charge on any atom is -0.484 e. The molecule has 9 heteroatoms. The minimum atomic E-state index is -0.664. The maximum atomic E-state index is 12.3. The fourth-order valence-electron chi connectivity index (χ4n) is 2.77. The predicted molar refractivity (Wildman–Crippen MR) is 111 cm³/mol. The Kier molecular flexibility index (Phi) is 6.86. The van der Waals surface area contributed by atoms with Crippen LogP contribution >= 0.6 is 0 Å². The van der Waals surface area contributed by atoms with Crippen LogP contribution in [0.25, 0.3) is 0 Å². The van der Waals surface area contributed by atoms with Gasteiger partial charge >= 0.3 is 11.9 Å². The Balaban J connectivity index is 1.63. The molecule has 2 amide bonds. The largest absolute Gasteiger partial charge is 0.484 e. The number of ether oxygens (including phenoxy) is 3. The summed E-state index contributed by atoms with van der Waals surface area (Å²) >= 11 is 0. The molecule has 0 spiro atoms. The van der Waals surface area contributed by atoms with Crippen LogP contribution in [0.5, 0.6) is 5.75 Å². The van der Waals surface area contributed by atoms with Gasteiger partial charge in [0.15, 0.2) is 6.61 Å². The van der Waals surface area contributed by atoms with Gasteiger partial charge in [-0.3, -0.25) is 9.59 Å². The van der Waals surface area contributed by atoms with Gasteiger partial charge in [0.05, 0.1) is 25.3 Å². The second kappa shape index (κ2) is 9.75. The van der Waals surface area contributed by atoms with Gasteiger partial charge in [-0.2, -0.15) is 0 Å². The number of esters is 2. The Morgan fingerprint density at radius 1 is 0.871 bits per heavy atom. The number of carbonyl (C=O) groups is 4. The fourth-order valence-corrected chi connectivity index (χ4v) is 2.77. The maximum absolute atomic E-state index is 12.3. The van der Waals surface area contributed by atoms with Gasteiger partial charge in [-0.1, -0.05) is 6.07 Å². The number of benzene rings is 2. The highest BCUT2D eigenvalue weighted by molar-refractivity contribution is 5.99. The lowest BCUT2D eigenvalue weighted by Crippen LogP contribution is -2.21. The molecular formula is C22H22N2O7. The van der Waals surface area contributed by atoms with Gasteiger partial charge in [0, 0.05) is 23.4 Å². The summed E-state index contributed by atoms with van der Waals surface area (Å²) in [6.45, 7) is -0.323. The molecule has 0 bridgehead atoms. The van der Waals surface area contributed by atoms with E-state index in [0.717, 1.165) is 12.8 Å². The molecule has 0 saturated heterocycles. The fraction of sp³-hybridized carbons (Fsp3) is 0.273. The highest BCUT2D eigenvalue weighted by atomic mass is 16.5. The van der Waals surface area contributed by atoms with Crippen LogP contribution in [0.4, 0.5) is 11.4 Å². The van der Waals surface area contributed by atoms with Crippen LogP contribution in [0.1, 0.15) is 33.6 Å². The van der Waals surface area contributed by atoms with E-state index in [-0.39, 0.29) is 35.2 Å². The number of methoxy groups -OCH3 is 2. The summed E-state index contributed by atoms with van der Waals surface area (Å²) in [6.07, 6.45) is 1.80. The van der Waals surface area contributed by atoms with Crippen LogP contribution in [0.2, 0.25) is 0 Å². The number of nitrogens with one attached hydrogen (secondary N) is 2. The molecule has 0 radical (unpaired) electrons. The maximum Gasteiger partial charge on any atom is 0.337 e. The van der Waals surface area contributed by atoms with Crippen molar-refractivity contribution in [1.29, 1.82) is 0 Å². The van der Waals surface area contributed by atoms with Crippen LogP contribution in [0.3, 0.4) is 0 Å². The third-order valence-electron chi connectivity index (χ3n) is 4.48. The number of carbonyl (C=O) groups excluding carboxylic acids is 4. The molecule has 0 unspecified atom stereocenters. The van der Waals surface area contributed by atoms with Gasteiger partial charge in [0.1, 0.15) is 5.75 Å². The van der Waals surface area contributed by atoms with Crippen LogP contribution in [0, 0.1) is 5.92 Å². The summed E-state index contributed by atoms with van der Waals surface area (Å²) in [5, 5.41) is 5.38. The van der Waals surface area contributed by atoms with Crippen LogP contribution in [-0.2, 0) is 19.1 Å². The van der Waals surface area contributed by atoms with Gasteiger partial charge in [0.25, 0.3) is 5.91 Å². The minimum absolute atomic E-state index is 0.0261. The van der Waals surface area contributed by atoms with Crippen LogP contribution in [0.15, 0.2) is 42.5 Å². The topological polar surface area (TPSA) is 120 Å². The first-order valence-corrected chi connectivity index (χ1v) is 9.55. The van der Waals surface area contributed by atoms with E-state index >= 15 is 0 Å². The summed E-state index contributed by atoms with van der Waals surface area (Å²) < 4.78 is 14.8. The van der Waals surface area contributed by atoms with Crippen molar-refractivity contribution in [2.24, 2.45) is 5.92 Å². The van der Waals surface area contributed by atoms with Crippen molar-refractivity contribution in [3.63, 3.8) is 0 Å². The van der Waals surface area contributed by atoms with Gasteiger partial charge in [-0.25, -0.2) is 9.59 Å². The molecule has 1 fully saturated rings. The lowest BCUT2D eigenvalue weighted by molar-refractivity contribution is -0.118. The molecular weight excluding hydrogens is 404 g/mol. The molecule has 2 N–H and O–H groups in total. The summed E-state index contributed by atoms with van der Waals surface area (Å²) in [6, 6.07) is 10.8. The van der Waals surface area contributed by atoms with Gasteiger partial charge in [-0.05, 0) is 43.2 Å². The monoisotopic (exact) mass is 426 g/mol. The Morgan fingerprint density at radius 3 is 2.10 bits per heavy atom. The number of rotatable bonds is 8. The van der Waals surface area contributed by atoms with Crippen LogP contribution < -0.4 is 15.4 Å². The Morgan fingerprint density at radius 2 is 1.52 bits per heavy atom. The Labute approximate surface area is 178 Å². The second-order valence-corrected chi connectivity index (χ2v) is 6.91. The first-order chi connectivity index (χ1) is 14.9.